The van der Waals surface area contributed by atoms with Gasteiger partial charge in [0.25, 0.3) is 0 Å². The number of aromatic carboxylic acids is 2. The Labute approximate surface area is 197 Å². The van der Waals surface area contributed by atoms with Crippen LogP contribution in [0.2, 0.25) is 5.02 Å². The minimum atomic E-state index is -1.36. The van der Waals surface area contributed by atoms with Crippen LogP contribution < -0.4 is 15.1 Å². The summed E-state index contributed by atoms with van der Waals surface area (Å²) in [5.74, 6) is -2.29. The smallest absolute Gasteiger partial charge is 0.354 e. The third-order valence-electron chi connectivity index (χ3n) is 4.26. The number of carbonyl (C=O) groups is 2. The maximum atomic E-state index is 11.7. The zero-order valence-corrected chi connectivity index (χ0v) is 18.4. The molecule has 11 nitrogen and oxygen atoms in total. The number of carboxylic acids is 2. The average Bonchev–Trinajstić information content (AvgIpc) is 2.79. The predicted molar refractivity (Wildman–Crippen MR) is 118 cm³/mol. The summed E-state index contributed by atoms with van der Waals surface area (Å²) in [6.45, 7) is 1.22. The molecule has 2 heterocycles. The van der Waals surface area contributed by atoms with Gasteiger partial charge < -0.3 is 33.6 Å². The SMILES string of the molecule is O=C(O)c1cc(OCCOCCOCCOc2cc(=O)oc3cc(Cl)ccc23)cc(C(=O)O)n1. The van der Waals surface area contributed by atoms with Crippen LogP contribution in [0.1, 0.15) is 21.0 Å². The van der Waals surface area contributed by atoms with Gasteiger partial charge in [0.2, 0.25) is 0 Å². The first-order valence-electron chi connectivity index (χ1n) is 9.96. The molecule has 0 atom stereocenters. The van der Waals surface area contributed by atoms with Gasteiger partial charge in [0.05, 0.1) is 37.9 Å². The van der Waals surface area contributed by atoms with Crippen LogP contribution in [0.3, 0.4) is 0 Å². The molecule has 0 aliphatic rings. The van der Waals surface area contributed by atoms with Gasteiger partial charge in [-0.15, -0.1) is 0 Å². The second-order valence-corrected chi connectivity index (χ2v) is 7.11. The van der Waals surface area contributed by atoms with Crippen molar-refractivity contribution in [1.29, 1.82) is 0 Å². The number of rotatable bonds is 13. The highest BCUT2D eigenvalue weighted by Gasteiger charge is 2.14. The molecule has 0 saturated heterocycles. The minimum absolute atomic E-state index is 0.0616. The highest BCUT2D eigenvalue weighted by Crippen LogP contribution is 2.26. The maximum absolute atomic E-state index is 11.7. The van der Waals surface area contributed by atoms with E-state index in [2.05, 4.69) is 4.98 Å². The number of pyridine rings is 1. The number of ether oxygens (including phenoxy) is 4. The lowest BCUT2D eigenvalue weighted by atomic mass is 10.2. The first-order valence-corrected chi connectivity index (χ1v) is 10.3. The van der Waals surface area contributed by atoms with E-state index in [1.807, 2.05) is 0 Å². The quantitative estimate of drug-likeness (QED) is 0.266. The van der Waals surface area contributed by atoms with E-state index >= 15 is 0 Å². The predicted octanol–water partition coefficient (Wildman–Crippen LogP) is 2.73. The van der Waals surface area contributed by atoms with Gasteiger partial charge >= 0.3 is 17.6 Å². The number of benzene rings is 1. The monoisotopic (exact) mass is 493 g/mol. The van der Waals surface area contributed by atoms with Crippen LogP contribution in [0.25, 0.3) is 11.0 Å². The molecule has 3 aromatic rings. The second kappa shape index (κ2) is 12.0. The molecule has 12 heteroatoms. The van der Waals surface area contributed by atoms with Crippen LogP contribution in [-0.2, 0) is 9.47 Å². The fourth-order valence-electron chi connectivity index (χ4n) is 2.79. The van der Waals surface area contributed by atoms with Crippen LogP contribution in [-0.4, -0.2) is 66.8 Å². The highest BCUT2D eigenvalue weighted by molar-refractivity contribution is 6.31. The Hall–Kier alpha value is -3.67. The Morgan fingerprint density at radius 1 is 0.853 bits per heavy atom. The molecule has 0 bridgehead atoms. The Morgan fingerprint density at radius 3 is 2.06 bits per heavy atom. The first-order chi connectivity index (χ1) is 16.3. The average molecular weight is 494 g/mol. The van der Waals surface area contributed by atoms with Crippen molar-refractivity contribution in [1.82, 2.24) is 4.98 Å². The van der Waals surface area contributed by atoms with Crippen molar-refractivity contribution in [3.63, 3.8) is 0 Å². The van der Waals surface area contributed by atoms with Gasteiger partial charge in [-0.2, -0.15) is 0 Å². The Kier molecular flexibility index (Phi) is 8.79. The van der Waals surface area contributed by atoms with Gasteiger partial charge in [0.1, 0.15) is 30.3 Å². The number of halogens is 1. The molecule has 180 valence electrons. The van der Waals surface area contributed by atoms with E-state index in [9.17, 15) is 14.4 Å². The van der Waals surface area contributed by atoms with Gasteiger partial charge in [-0.1, -0.05) is 11.6 Å². The summed E-state index contributed by atoms with van der Waals surface area (Å²) < 4.78 is 26.8. The lowest BCUT2D eigenvalue weighted by Gasteiger charge is -2.10. The van der Waals surface area contributed by atoms with E-state index in [0.29, 0.717) is 21.7 Å². The summed E-state index contributed by atoms with van der Waals surface area (Å²) in [4.78, 5) is 37.2. The summed E-state index contributed by atoms with van der Waals surface area (Å²) in [5.41, 5.74) is -1.08. The molecule has 0 aliphatic heterocycles. The van der Waals surface area contributed by atoms with Crippen molar-refractivity contribution in [3.8, 4) is 11.5 Å². The third kappa shape index (κ3) is 7.17. The van der Waals surface area contributed by atoms with Gasteiger partial charge in [-0.25, -0.2) is 19.4 Å². The normalized spacial score (nSPS) is 10.9. The maximum Gasteiger partial charge on any atom is 0.354 e. The summed E-state index contributed by atoms with van der Waals surface area (Å²) in [6, 6.07) is 8.41. The van der Waals surface area contributed by atoms with E-state index in [4.69, 9.17) is 45.2 Å². The summed E-state index contributed by atoms with van der Waals surface area (Å²) in [6.07, 6.45) is 0. The van der Waals surface area contributed by atoms with Crippen molar-refractivity contribution in [2.45, 2.75) is 0 Å². The molecule has 0 amide bonds. The Bertz CT molecular complexity index is 1190. The van der Waals surface area contributed by atoms with E-state index in [1.54, 1.807) is 12.1 Å². The van der Waals surface area contributed by atoms with E-state index in [-0.39, 0.29) is 45.4 Å². The van der Waals surface area contributed by atoms with E-state index < -0.39 is 29.0 Å². The molecule has 0 spiro atoms. The van der Waals surface area contributed by atoms with Crippen molar-refractivity contribution in [3.05, 3.63) is 63.2 Å². The molecule has 0 fully saturated rings. The third-order valence-corrected chi connectivity index (χ3v) is 4.49. The van der Waals surface area contributed by atoms with Gasteiger partial charge in [0.15, 0.2) is 11.4 Å². The number of carboxylic acid groups (broad SMARTS) is 2. The number of hydrogen-bond acceptors (Lipinski definition) is 9. The van der Waals surface area contributed by atoms with Gasteiger partial charge in [-0.3, -0.25) is 0 Å². The molecule has 0 radical (unpaired) electrons. The van der Waals surface area contributed by atoms with E-state index in [0.717, 1.165) is 12.1 Å². The van der Waals surface area contributed by atoms with Gasteiger partial charge in [-0.05, 0) is 12.1 Å². The molecular formula is C22H20ClNO10. The standard InChI is InChI=1S/C22H20ClNO10/c23-13-1-2-15-18(12-20(25)34-19(15)9-13)33-8-6-31-4-3-30-5-7-32-14-10-16(21(26)27)24-17(11-14)22(28)29/h1-2,9-12H,3-8H2,(H,26,27)(H,28,29). The lowest BCUT2D eigenvalue weighted by molar-refractivity contribution is 0.0274. The fraction of sp³-hybridized carbons (Fsp3) is 0.273. The van der Waals surface area contributed by atoms with Crippen LogP contribution in [0.5, 0.6) is 11.5 Å². The number of nitrogens with zero attached hydrogens (tertiary/aromatic N) is 1. The van der Waals surface area contributed by atoms with Gasteiger partial charge in [0, 0.05) is 23.2 Å². The number of aromatic nitrogens is 1. The van der Waals surface area contributed by atoms with Crippen molar-refractivity contribution in [2.75, 3.05) is 39.6 Å². The minimum Gasteiger partial charge on any atom is -0.491 e. The van der Waals surface area contributed by atoms with Crippen LogP contribution in [0.4, 0.5) is 0 Å². The molecule has 0 unspecified atom stereocenters. The first kappa shape index (κ1) is 25.0. The number of fused-ring (bicyclic) bond motifs is 1. The number of hydrogen-bond donors (Lipinski definition) is 2. The second-order valence-electron chi connectivity index (χ2n) is 6.68. The zero-order chi connectivity index (χ0) is 24.5. The summed E-state index contributed by atoms with van der Waals surface area (Å²) in [7, 11) is 0. The molecule has 0 saturated carbocycles. The fourth-order valence-corrected chi connectivity index (χ4v) is 2.95. The molecule has 2 aromatic heterocycles. The topological polar surface area (TPSA) is 155 Å². The molecule has 2 N–H and O–H groups in total. The zero-order valence-electron chi connectivity index (χ0n) is 17.7. The molecular weight excluding hydrogens is 474 g/mol. The highest BCUT2D eigenvalue weighted by atomic mass is 35.5. The molecule has 3 rings (SSSR count). The summed E-state index contributed by atoms with van der Waals surface area (Å²) >= 11 is 5.91. The van der Waals surface area contributed by atoms with Crippen LogP contribution in [0.15, 0.2) is 45.6 Å². The van der Waals surface area contributed by atoms with Crippen LogP contribution in [0, 0.1) is 0 Å². The van der Waals surface area contributed by atoms with Crippen molar-refractivity contribution >= 4 is 34.5 Å². The molecule has 1 aromatic carbocycles. The Balaban J connectivity index is 1.33. The molecule has 0 aliphatic carbocycles. The van der Waals surface area contributed by atoms with E-state index in [1.165, 1.54) is 12.1 Å². The van der Waals surface area contributed by atoms with Crippen molar-refractivity contribution < 1.29 is 43.2 Å². The lowest BCUT2D eigenvalue weighted by Crippen LogP contribution is -2.14. The summed E-state index contributed by atoms with van der Waals surface area (Å²) in [5, 5.41) is 19.1. The molecule has 34 heavy (non-hydrogen) atoms. The largest absolute Gasteiger partial charge is 0.491 e. The van der Waals surface area contributed by atoms with Crippen LogP contribution >= 0.6 is 11.6 Å². The Morgan fingerprint density at radius 2 is 1.44 bits per heavy atom. The van der Waals surface area contributed by atoms with Crippen molar-refractivity contribution in [2.24, 2.45) is 0 Å².